The predicted octanol–water partition coefficient (Wildman–Crippen LogP) is 4.30. The lowest BCUT2D eigenvalue weighted by molar-refractivity contribution is 0.305. The van der Waals surface area contributed by atoms with Gasteiger partial charge in [0.25, 0.3) is 5.78 Å². The number of fused-ring (bicyclic) bond motifs is 1. The zero-order valence-corrected chi connectivity index (χ0v) is 17.6. The van der Waals surface area contributed by atoms with Gasteiger partial charge in [0.1, 0.15) is 28.9 Å². The molecule has 0 radical (unpaired) electrons. The Hall–Kier alpha value is -2.76. The molecule has 1 atom stereocenters. The van der Waals surface area contributed by atoms with Crippen molar-refractivity contribution in [3.63, 3.8) is 0 Å². The number of nitrogens with zero attached hydrogens (tertiary/aromatic N) is 4. The smallest absolute Gasteiger partial charge is 0.255 e. The molecule has 0 spiro atoms. The van der Waals surface area contributed by atoms with Gasteiger partial charge in [-0.3, -0.25) is 0 Å². The number of nitrogens with one attached hydrogen (secondary N) is 1. The fourth-order valence-corrected chi connectivity index (χ4v) is 2.92. The lowest BCUT2D eigenvalue weighted by Crippen LogP contribution is -2.32. The molecule has 30 heavy (non-hydrogen) atoms. The Morgan fingerprint density at radius 3 is 2.57 bits per heavy atom. The van der Waals surface area contributed by atoms with E-state index < -0.39 is 30.2 Å². The highest BCUT2D eigenvalue weighted by molar-refractivity contribution is 6.33. The van der Waals surface area contributed by atoms with Crippen molar-refractivity contribution in [2.45, 2.75) is 40.2 Å². The van der Waals surface area contributed by atoms with E-state index >= 15 is 8.78 Å². The molecule has 0 saturated carbocycles. The van der Waals surface area contributed by atoms with E-state index in [9.17, 15) is 0 Å². The summed E-state index contributed by atoms with van der Waals surface area (Å²) in [6.07, 6.45) is 0.760. The standard InChI is InChI=1S/C21H22ClF2N5O/c1-12(21(2,3)4)27-19-17(18(22)28-20-25-11-26-29(19)20)16-14(23)9-13(10-15(16)24)7-5-6-8-30/h9-12,27,30H,6,8H2,1-4H3/t12-/m1/s1/i8D2. The second-order valence-corrected chi connectivity index (χ2v) is 8.14. The molecule has 2 aromatic heterocycles. The molecule has 0 amide bonds. The Morgan fingerprint density at radius 2 is 1.97 bits per heavy atom. The Labute approximate surface area is 181 Å². The molecular formula is C21H22ClF2N5O. The Balaban J connectivity index is 2.17. The van der Waals surface area contributed by atoms with Crippen LogP contribution in [0.1, 0.15) is 42.4 Å². The predicted molar refractivity (Wildman–Crippen MR) is 112 cm³/mol. The summed E-state index contributed by atoms with van der Waals surface area (Å²) in [4.78, 5) is 8.12. The highest BCUT2D eigenvalue weighted by atomic mass is 35.5. The minimum Gasteiger partial charge on any atom is -0.395 e. The van der Waals surface area contributed by atoms with Crippen molar-refractivity contribution in [3.05, 3.63) is 40.8 Å². The van der Waals surface area contributed by atoms with Crippen LogP contribution in [0.25, 0.3) is 16.9 Å². The van der Waals surface area contributed by atoms with Crippen molar-refractivity contribution >= 4 is 23.2 Å². The van der Waals surface area contributed by atoms with E-state index in [1.54, 1.807) is 0 Å². The zero-order chi connectivity index (χ0) is 23.8. The highest BCUT2D eigenvalue weighted by Gasteiger charge is 2.27. The fourth-order valence-electron chi connectivity index (χ4n) is 2.66. The van der Waals surface area contributed by atoms with Gasteiger partial charge >= 0.3 is 0 Å². The molecule has 2 N–H and O–H groups in total. The Morgan fingerprint density at radius 1 is 1.30 bits per heavy atom. The average molecular weight is 436 g/mol. The second kappa shape index (κ2) is 8.54. The van der Waals surface area contributed by atoms with E-state index in [1.807, 2.05) is 27.7 Å². The SMILES string of the molecule is [2H]C([2H])(O)CC#Cc1cc(F)c(-c2c(Cl)nc3ncnn3c2N[C@H](C)C(C)(C)C)c(F)c1. The summed E-state index contributed by atoms with van der Waals surface area (Å²) in [7, 11) is 0. The van der Waals surface area contributed by atoms with E-state index in [0.29, 0.717) is 0 Å². The number of aliphatic hydroxyl groups is 1. The van der Waals surface area contributed by atoms with Crippen molar-refractivity contribution in [3.8, 4) is 23.0 Å². The van der Waals surface area contributed by atoms with Crippen molar-refractivity contribution in [2.24, 2.45) is 5.41 Å². The van der Waals surface area contributed by atoms with Crippen molar-refractivity contribution in [2.75, 3.05) is 11.9 Å². The van der Waals surface area contributed by atoms with Crippen LogP contribution < -0.4 is 5.32 Å². The van der Waals surface area contributed by atoms with Crippen molar-refractivity contribution in [1.82, 2.24) is 19.6 Å². The molecular weight excluding hydrogens is 412 g/mol. The van der Waals surface area contributed by atoms with Gasteiger partial charge in [-0.15, -0.1) is 0 Å². The van der Waals surface area contributed by atoms with Gasteiger partial charge in [-0.1, -0.05) is 44.2 Å². The number of rotatable bonds is 4. The number of aromatic nitrogens is 4. The van der Waals surface area contributed by atoms with Crippen LogP contribution in [0, 0.1) is 28.9 Å². The third kappa shape index (κ3) is 4.37. The topological polar surface area (TPSA) is 75.3 Å². The van der Waals surface area contributed by atoms with Crippen LogP contribution in [-0.2, 0) is 0 Å². The van der Waals surface area contributed by atoms with Crippen LogP contribution in [0.3, 0.4) is 0 Å². The molecule has 0 aliphatic carbocycles. The summed E-state index contributed by atoms with van der Waals surface area (Å²) >= 11 is 6.35. The first kappa shape index (κ1) is 19.2. The van der Waals surface area contributed by atoms with Gasteiger partial charge in [0.2, 0.25) is 0 Å². The van der Waals surface area contributed by atoms with Crippen LogP contribution in [0.4, 0.5) is 14.6 Å². The molecule has 9 heteroatoms. The molecule has 2 heterocycles. The van der Waals surface area contributed by atoms with Crippen molar-refractivity contribution in [1.29, 1.82) is 0 Å². The summed E-state index contributed by atoms with van der Waals surface area (Å²) in [6, 6.07) is 1.88. The van der Waals surface area contributed by atoms with Gasteiger partial charge in [0.05, 0.1) is 20.4 Å². The number of hydrogen-bond donors (Lipinski definition) is 2. The zero-order valence-electron chi connectivity index (χ0n) is 18.9. The van der Waals surface area contributed by atoms with Gasteiger partial charge in [0, 0.05) is 18.0 Å². The molecule has 158 valence electrons. The molecule has 1 aromatic carbocycles. The van der Waals surface area contributed by atoms with Crippen LogP contribution in [0.5, 0.6) is 0 Å². The lowest BCUT2D eigenvalue weighted by Gasteiger charge is -2.30. The van der Waals surface area contributed by atoms with Crippen LogP contribution in [0.15, 0.2) is 18.5 Å². The third-order valence-corrected chi connectivity index (χ3v) is 5.00. The molecule has 0 unspecified atom stereocenters. The van der Waals surface area contributed by atoms with Gasteiger partial charge < -0.3 is 10.4 Å². The molecule has 0 fully saturated rings. The lowest BCUT2D eigenvalue weighted by atomic mass is 9.88. The van der Waals surface area contributed by atoms with E-state index in [0.717, 1.165) is 12.1 Å². The van der Waals surface area contributed by atoms with Gasteiger partial charge in [-0.25, -0.2) is 8.78 Å². The van der Waals surface area contributed by atoms with Gasteiger partial charge in [-0.2, -0.15) is 19.6 Å². The summed E-state index contributed by atoms with van der Waals surface area (Å²) in [5.41, 5.74) is -0.640. The first-order valence-corrected chi connectivity index (χ1v) is 9.52. The van der Waals surface area contributed by atoms with Crippen LogP contribution in [0.2, 0.25) is 5.15 Å². The van der Waals surface area contributed by atoms with E-state index in [1.165, 1.54) is 10.8 Å². The average Bonchev–Trinajstić information content (AvgIpc) is 3.09. The Kier molecular flexibility index (Phi) is 5.47. The first-order valence-electron chi connectivity index (χ1n) is 10.1. The maximum absolute atomic E-state index is 15.1. The number of hydrogen-bond acceptors (Lipinski definition) is 5. The summed E-state index contributed by atoms with van der Waals surface area (Å²) in [5, 5.41) is 16.3. The second-order valence-electron chi connectivity index (χ2n) is 7.78. The van der Waals surface area contributed by atoms with Gasteiger partial charge in [-0.05, 0) is 24.5 Å². The van der Waals surface area contributed by atoms with Gasteiger partial charge in [0.15, 0.2) is 0 Å². The van der Waals surface area contributed by atoms with Crippen LogP contribution >= 0.6 is 11.6 Å². The fraction of sp³-hybridized carbons (Fsp3) is 0.381. The maximum Gasteiger partial charge on any atom is 0.255 e. The molecule has 3 aromatic rings. The quantitative estimate of drug-likeness (QED) is 0.472. The third-order valence-electron chi connectivity index (χ3n) is 4.73. The minimum atomic E-state index is -2.50. The van der Waals surface area contributed by atoms with Crippen molar-refractivity contribution < 1.29 is 16.6 Å². The highest BCUT2D eigenvalue weighted by Crippen LogP contribution is 2.39. The normalized spacial score (nSPS) is 14.0. The molecule has 0 saturated heterocycles. The largest absolute Gasteiger partial charge is 0.395 e. The molecule has 0 bridgehead atoms. The minimum absolute atomic E-state index is 0.0121. The monoisotopic (exact) mass is 435 g/mol. The number of benzene rings is 1. The van der Waals surface area contributed by atoms with E-state index in [4.69, 9.17) is 19.4 Å². The number of anilines is 1. The summed E-state index contributed by atoms with van der Waals surface area (Å²) < 4.78 is 45.7. The molecule has 6 nitrogen and oxygen atoms in total. The molecule has 0 aliphatic heterocycles. The number of halogens is 3. The first-order chi connectivity index (χ1) is 14.8. The molecule has 0 aliphatic rings. The van der Waals surface area contributed by atoms with E-state index in [2.05, 4.69) is 32.2 Å². The maximum atomic E-state index is 15.1. The summed E-state index contributed by atoms with van der Waals surface area (Å²) in [6.45, 7) is 5.45. The van der Waals surface area contributed by atoms with Crippen LogP contribution in [-0.4, -0.2) is 37.3 Å². The summed E-state index contributed by atoms with van der Waals surface area (Å²) in [5.74, 6) is 3.35. The van der Waals surface area contributed by atoms with E-state index in [-0.39, 0.29) is 39.3 Å². The Bertz CT molecular complexity index is 1200. The molecule has 3 rings (SSSR count).